The standard InChI is InChI=1S/C16H25NO3S/c1-3-14-9-8-13(11-18)10-16(14)21(19,20)17-15-7-5-4-6-12(15)2/h8-10,12,15,17-18H,3-7,11H2,1-2H3. The van der Waals surface area contributed by atoms with Crippen molar-refractivity contribution in [2.75, 3.05) is 0 Å². The number of sulfonamides is 1. The molecule has 0 bridgehead atoms. The summed E-state index contributed by atoms with van der Waals surface area (Å²) in [6.45, 7) is 3.90. The van der Waals surface area contributed by atoms with Crippen LogP contribution in [0.4, 0.5) is 0 Å². The molecule has 1 aliphatic carbocycles. The second-order valence-corrected chi connectivity index (χ2v) is 7.63. The SMILES string of the molecule is CCc1ccc(CO)cc1S(=O)(=O)NC1CCCCC1C. The lowest BCUT2D eigenvalue weighted by molar-refractivity contribution is 0.281. The van der Waals surface area contributed by atoms with Gasteiger partial charge in [0.2, 0.25) is 10.0 Å². The van der Waals surface area contributed by atoms with Gasteiger partial charge in [-0.1, -0.05) is 38.8 Å². The molecule has 1 aliphatic rings. The first-order valence-electron chi connectivity index (χ1n) is 7.73. The molecule has 4 nitrogen and oxygen atoms in total. The Morgan fingerprint density at radius 2 is 2.00 bits per heavy atom. The molecule has 0 spiro atoms. The number of rotatable bonds is 5. The van der Waals surface area contributed by atoms with E-state index in [0.29, 0.717) is 22.8 Å². The van der Waals surface area contributed by atoms with E-state index in [1.807, 2.05) is 6.92 Å². The molecule has 2 N–H and O–H groups in total. The number of hydrogen-bond donors (Lipinski definition) is 2. The Morgan fingerprint density at radius 1 is 1.29 bits per heavy atom. The summed E-state index contributed by atoms with van der Waals surface area (Å²) in [5.74, 6) is 0.375. The molecule has 0 aromatic heterocycles. The first kappa shape index (κ1) is 16.5. The molecule has 1 aromatic carbocycles. The molecular weight excluding hydrogens is 286 g/mol. The minimum Gasteiger partial charge on any atom is -0.392 e. The lowest BCUT2D eigenvalue weighted by atomic mass is 9.87. The molecule has 0 radical (unpaired) electrons. The molecule has 1 fully saturated rings. The summed E-state index contributed by atoms with van der Waals surface area (Å²) in [5.41, 5.74) is 1.42. The third kappa shape index (κ3) is 3.84. The minimum absolute atomic E-state index is 0.0197. The Labute approximate surface area is 127 Å². The largest absolute Gasteiger partial charge is 0.392 e. The predicted molar refractivity (Wildman–Crippen MR) is 83.5 cm³/mol. The molecule has 2 unspecified atom stereocenters. The van der Waals surface area contributed by atoms with E-state index in [4.69, 9.17) is 0 Å². The van der Waals surface area contributed by atoms with Crippen molar-refractivity contribution < 1.29 is 13.5 Å². The van der Waals surface area contributed by atoms with Crippen LogP contribution < -0.4 is 4.72 Å². The Morgan fingerprint density at radius 3 is 2.62 bits per heavy atom. The van der Waals surface area contributed by atoms with Gasteiger partial charge in [0.25, 0.3) is 0 Å². The van der Waals surface area contributed by atoms with Gasteiger partial charge in [-0.2, -0.15) is 0 Å². The van der Waals surface area contributed by atoms with Gasteiger partial charge in [-0.25, -0.2) is 13.1 Å². The zero-order chi connectivity index (χ0) is 15.5. The highest BCUT2D eigenvalue weighted by atomic mass is 32.2. The number of aliphatic hydroxyl groups is 1. The molecule has 118 valence electrons. The Balaban J connectivity index is 2.30. The maximum absolute atomic E-state index is 12.7. The number of benzene rings is 1. The van der Waals surface area contributed by atoms with Crippen LogP contribution in [-0.2, 0) is 23.1 Å². The molecule has 1 saturated carbocycles. The Bertz CT molecular complexity index is 583. The van der Waals surface area contributed by atoms with Crippen molar-refractivity contribution >= 4 is 10.0 Å². The fourth-order valence-electron chi connectivity index (χ4n) is 2.99. The van der Waals surface area contributed by atoms with Gasteiger partial charge in [-0.3, -0.25) is 0 Å². The highest BCUT2D eigenvalue weighted by molar-refractivity contribution is 7.89. The molecule has 5 heteroatoms. The molecule has 2 rings (SSSR count). The maximum atomic E-state index is 12.7. The average Bonchev–Trinajstić information content (AvgIpc) is 2.48. The van der Waals surface area contributed by atoms with Crippen LogP contribution in [0, 0.1) is 5.92 Å². The van der Waals surface area contributed by atoms with E-state index in [1.54, 1.807) is 18.2 Å². The summed E-state index contributed by atoms with van der Waals surface area (Å²) < 4.78 is 28.3. The summed E-state index contributed by atoms with van der Waals surface area (Å²) in [6.07, 6.45) is 4.89. The van der Waals surface area contributed by atoms with Crippen molar-refractivity contribution in [1.82, 2.24) is 4.72 Å². The Kier molecular flexibility index (Phi) is 5.41. The summed E-state index contributed by atoms with van der Waals surface area (Å²) >= 11 is 0. The minimum atomic E-state index is -3.53. The highest BCUT2D eigenvalue weighted by Crippen LogP contribution is 2.26. The normalized spacial score (nSPS) is 23.2. The fourth-order valence-corrected chi connectivity index (χ4v) is 4.73. The monoisotopic (exact) mass is 311 g/mol. The average molecular weight is 311 g/mol. The van der Waals surface area contributed by atoms with Gasteiger partial charge in [-0.15, -0.1) is 0 Å². The molecule has 0 saturated heterocycles. The van der Waals surface area contributed by atoms with E-state index in [1.165, 1.54) is 6.42 Å². The zero-order valence-electron chi connectivity index (χ0n) is 12.8. The van der Waals surface area contributed by atoms with Crippen molar-refractivity contribution in [3.63, 3.8) is 0 Å². The zero-order valence-corrected chi connectivity index (χ0v) is 13.6. The maximum Gasteiger partial charge on any atom is 0.241 e. The van der Waals surface area contributed by atoms with Gasteiger partial charge in [0.1, 0.15) is 0 Å². The summed E-state index contributed by atoms with van der Waals surface area (Å²) in [5, 5.41) is 9.24. The van der Waals surface area contributed by atoms with Gasteiger partial charge < -0.3 is 5.11 Å². The first-order chi connectivity index (χ1) is 9.97. The molecule has 21 heavy (non-hydrogen) atoms. The topological polar surface area (TPSA) is 66.4 Å². The van der Waals surface area contributed by atoms with Gasteiger partial charge >= 0.3 is 0 Å². The van der Waals surface area contributed by atoms with Crippen LogP contribution in [0.5, 0.6) is 0 Å². The van der Waals surface area contributed by atoms with E-state index in [9.17, 15) is 13.5 Å². The lowest BCUT2D eigenvalue weighted by Crippen LogP contribution is -2.41. The van der Waals surface area contributed by atoms with E-state index in [0.717, 1.165) is 24.8 Å². The van der Waals surface area contributed by atoms with Crippen molar-refractivity contribution in [3.05, 3.63) is 29.3 Å². The third-order valence-corrected chi connectivity index (χ3v) is 5.97. The molecular formula is C16H25NO3S. The van der Waals surface area contributed by atoms with Gasteiger partial charge in [-0.05, 0) is 42.4 Å². The summed E-state index contributed by atoms with van der Waals surface area (Å²) in [4.78, 5) is 0.314. The quantitative estimate of drug-likeness (QED) is 0.878. The Hall–Kier alpha value is -0.910. The van der Waals surface area contributed by atoms with Crippen LogP contribution in [0.2, 0.25) is 0 Å². The summed E-state index contributed by atoms with van der Waals surface area (Å²) in [6, 6.07) is 5.19. The smallest absolute Gasteiger partial charge is 0.241 e. The van der Waals surface area contributed by atoms with Crippen molar-refractivity contribution in [2.24, 2.45) is 5.92 Å². The molecule has 0 heterocycles. The predicted octanol–water partition coefficient (Wildman–Crippen LogP) is 2.60. The van der Waals surface area contributed by atoms with Crippen LogP contribution >= 0.6 is 0 Å². The number of aryl methyl sites for hydroxylation is 1. The number of nitrogens with one attached hydrogen (secondary N) is 1. The molecule has 0 amide bonds. The highest BCUT2D eigenvalue weighted by Gasteiger charge is 2.28. The third-order valence-electron chi connectivity index (χ3n) is 4.40. The van der Waals surface area contributed by atoms with Crippen LogP contribution in [0.1, 0.15) is 50.7 Å². The number of hydrogen-bond acceptors (Lipinski definition) is 3. The van der Waals surface area contributed by atoms with Crippen LogP contribution in [-0.4, -0.2) is 19.6 Å². The van der Waals surface area contributed by atoms with E-state index >= 15 is 0 Å². The van der Waals surface area contributed by atoms with Crippen LogP contribution in [0.3, 0.4) is 0 Å². The van der Waals surface area contributed by atoms with E-state index < -0.39 is 10.0 Å². The molecule has 1 aromatic rings. The van der Waals surface area contributed by atoms with Crippen LogP contribution in [0.25, 0.3) is 0 Å². The number of aliphatic hydroxyl groups excluding tert-OH is 1. The van der Waals surface area contributed by atoms with E-state index in [-0.39, 0.29) is 12.6 Å². The van der Waals surface area contributed by atoms with Crippen LogP contribution in [0.15, 0.2) is 23.1 Å². The van der Waals surface area contributed by atoms with Gasteiger partial charge in [0.15, 0.2) is 0 Å². The van der Waals surface area contributed by atoms with Gasteiger partial charge in [0.05, 0.1) is 11.5 Å². The second kappa shape index (κ2) is 6.90. The summed E-state index contributed by atoms with van der Waals surface area (Å²) in [7, 11) is -3.53. The molecule has 0 aliphatic heterocycles. The second-order valence-electron chi connectivity index (χ2n) is 5.94. The van der Waals surface area contributed by atoms with Crippen molar-refractivity contribution in [3.8, 4) is 0 Å². The lowest BCUT2D eigenvalue weighted by Gasteiger charge is -2.29. The molecule has 2 atom stereocenters. The van der Waals surface area contributed by atoms with E-state index in [2.05, 4.69) is 11.6 Å². The van der Waals surface area contributed by atoms with Crippen molar-refractivity contribution in [2.45, 2.75) is 63.5 Å². The fraction of sp³-hybridized carbons (Fsp3) is 0.625. The first-order valence-corrected chi connectivity index (χ1v) is 9.21. The van der Waals surface area contributed by atoms with Crippen molar-refractivity contribution in [1.29, 1.82) is 0 Å². The van der Waals surface area contributed by atoms with Gasteiger partial charge in [0, 0.05) is 6.04 Å².